The maximum Gasteiger partial charge on any atom is 0.194 e. The van der Waals surface area contributed by atoms with E-state index in [1.807, 2.05) is 0 Å². The maximum atomic E-state index is 12.8. The number of rotatable bonds is 6. The van der Waals surface area contributed by atoms with Crippen LogP contribution in [0, 0.1) is 17.5 Å². The summed E-state index contributed by atoms with van der Waals surface area (Å²) >= 11 is 0. The lowest BCUT2D eigenvalue weighted by atomic mass is 10.3. The van der Waals surface area contributed by atoms with E-state index in [2.05, 4.69) is 5.32 Å². The number of benzene rings is 1. The molecule has 0 atom stereocenters. The molecule has 0 amide bonds. The zero-order chi connectivity index (χ0) is 13.8. The SMILES string of the molecule is CCCS(=O)(=O)CCNc1cc(F)c(F)c(F)c1. The van der Waals surface area contributed by atoms with Gasteiger partial charge in [0.05, 0.1) is 5.75 Å². The van der Waals surface area contributed by atoms with Crippen molar-refractivity contribution in [1.29, 1.82) is 0 Å². The van der Waals surface area contributed by atoms with Gasteiger partial charge in [-0.3, -0.25) is 0 Å². The Morgan fingerprint density at radius 2 is 1.67 bits per heavy atom. The molecule has 1 rings (SSSR count). The standard InChI is InChI=1S/C11H14F3NO2S/c1-2-4-18(16,17)5-3-15-8-6-9(12)11(14)10(13)7-8/h6-7,15H,2-5H2,1H3. The van der Waals surface area contributed by atoms with Crippen molar-refractivity contribution in [2.45, 2.75) is 13.3 Å². The van der Waals surface area contributed by atoms with Gasteiger partial charge in [0.25, 0.3) is 0 Å². The highest BCUT2D eigenvalue weighted by atomic mass is 32.2. The minimum atomic E-state index is -3.15. The average molecular weight is 281 g/mol. The van der Waals surface area contributed by atoms with Crippen molar-refractivity contribution in [1.82, 2.24) is 0 Å². The van der Waals surface area contributed by atoms with E-state index in [4.69, 9.17) is 0 Å². The first-order valence-electron chi connectivity index (χ1n) is 5.44. The van der Waals surface area contributed by atoms with Crippen LogP contribution < -0.4 is 5.32 Å². The monoisotopic (exact) mass is 281 g/mol. The maximum absolute atomic E-state index is 12.8. The number of anilines is 1. The van der Waals surface area contributed by atoms with Gasteiger partial charge in [0, 0.05) is 30.1 Å². The van der Waals surface area contributed by atoms with Gasteiger partial charge in [-0.1, -0.05) is 6.92 Å². The molecule has 7 heteroatoms. The van der Waals surface area contributed by atoms with Crippen LogP contribution in [0.2, 0.25) is 0 Å². The second kappa shape index (κ2) is 6.08. The van der Waals surface area contributed by atoms with Crippen LogP contribution in [0.5, 0.6) is 0 Å². The summed E-state index contributed by atoms with van der Waals surface area (Å²) in [6.07, 6.45) is 0.516. The molecule has 0 spiro atoms. The van der Waals surface area contributed by atoms with Crippen LogP contribution in [0.15, 0.2) is 12.1 Å². The molecular weight excluding hydrogens is 267 g/mol. The van der Waals surface area contributed by atoms with Gasteiger partial charge in [0.15, 0.2) is 27.3 Å². The molecule has 3 nitrogen and oxygen atoms in total. The second-order valence-electron chi connectivity index (χ2n) is 3.83. The zero-order valence-electron chi connectivity index (χ0n) is 9.84. The largest absolute Gasteiger partial charge is 0.384 e. The van der Waals surface area contributed by atoms with Gasteiger partial charge in [0.2, 0.25) is 0 Å². The Hall–Kier alpha value is -1.24. The Morgan fingerprint density at radius 1 is 1.11 bits per heavy atom. The molecule has 18 heavy (non-hydrogen) atoms. The van der Waals surface area contributed by atoms with Crippen LogP contribution in [0.1, 0.15) is 13.3 Å². The Labute approximate surface area is 104 Å². The molecule has 0 aliphatic heterocycles. The van der Waals surface area contributed by atoms with Crippen molar-refractivity contribution in [3.63, 3.8) is 0 Å². The number of hydrogen-bond acceptors (Lipinski definition) is 3. The summed E-state index contributed by atoms with van der Waals surface area (Å²) < 4.78 is 61.1. The van der Waals surface area contributed by atoms with Crippen LogP contribution in [-0.2, 0) is 9.84 Å². The van der Waals surface area contributed by atoms with E-state index < -0.39 is 27.3 Å². The molecule has 0 saturated carbocycles. The van der Waals surface area contributed by atoms with Crippen molar-refractivity contribution in [3.05, 3.63) is 29.6 Å². The van der Waals surface area contributed by atoms with Gasteiger partial charge in [-0.15, -0.1) is 0 Å². The summed E-state index contributed by atoms with van der Waals surface area (Å²) in [4.78, 5) is 0. The first kappa shape index (κ1) is 14.8. The number of nitrogens with one attached hydrogen (secondary N) is 1. The lowest BCUT2D eigenvalue weighted by Crippen LogP contribution is -2.18. The minimum Gasteiger partial charge on any atom is -0.384 e. The van der Waals surface area contributed by atoms with Crippen molar-refractivity contribution in [2.75, 3.05) is 23.4 Å². The van der Waals surface area contributed by atoms with E-state index in [1.54, 1.807) is 6.92 Å². The Bertz CT molecular complexity index is 494. The molecule has 0 fully saturated rings. The van der Waals surface area contributed by atoms with Crippen molar-refractivity contribution in [3.8, 4) is 0 Å². The first-order valence-corrected chi connectivity index (χ1v) is 7.26. The summed E-state index contributed by atoms with van der Waals surface area (Å²) in [5, 5.41) is 2.54. The molecule has 0 radical (unpaired) electrons. The predicted octanol–water partition coefficient (Wildman–Crippen LogP) is 2.34. The van der Waals surface area contributed by atoms with Crippen LogP contribution in [0.25, 0.3) is 0 Å². The molecule has 0 saturated heterocycles. The van der Waals surface area contributed by atoms with Gasteiger partial charge in [-0.25, -0.2) is 21.6 Å². The van der Waals surface area contributed by atoms with Crippen molar-refractivity contribution < 1.29 is 21.6 Å². The third-order valence-electron chi connectivity index (χ3n) is 2.24. The van der Waals surface area contributed by atoms with E-state index in [1.165, 1.54) is 0 Å². The van der Waals surface area contributed by atoms with Crippen LogP contribution in [0.3, 0.4) is 0 Å². The molecular formula is C11H14F3NO2S. The Balaban J connectivity index is 2.60. The van der Waals surface area contributed by atoms with E-state index in [9.17, 15) is 21.6 Å². The smallest absolute Gasteiger partial charge is 0.194 e. The van der Waals surface area contributed by atoms with Crippen molar-refractivity contribution in [2.24, 2.45) is 0 Å². The summed E-state index contributed by atoms with van der Waals surface area (Å²) in [7, 11) is -3.15. The fourth-order valence-corrected chi connectivity index (χ4v) is 2.66. The molecule has 0 heterocycles. The number of hydrogen-bond donors (Lipinski definition) is 1. The lowest BCUT2D eigenvalue weighted by Gasteiger charge is -2.07. The molecule has 1 N–H and O–H groups in total. The lowest BCUT2D eigenvalue weighted by molar-refractivity contribution is 0.448. The average Bonchev–Trinajstić information content (AvgIpc) is 2.25. The highest BCUT2D eigenvalue weighted by molar-refractivity contribution is 7.91. The summed E-state index contributed by atoms with van der Waals surface area (Å²) in [5.74, 6) is -4.23. The van der Waals surface area contributed by atoms with E-state index in [0.29, 0.717) is 6.42 Å². The quantitative estimate of drug-likeness (QED) is 0.814. The molecule has 0 bridgehead atoms. The molecule has 1 aromatic carbocycles. The highest BCUT2D eigenvalue weighted by Gasteiger charge is 2.12. The summed E-state index contributed by atoms with van der Waals surface area (Å²) in [6.45, 7) is 1.77. The third kappa shape index (κ3) is 4.21. The fourth-order valence-electron chi connectivity index (χ4n) is 1.42. The number of sulfone groups is 1. The van der Waals surface area contributed by atoms with Crippen LogP contribution >= 0.6 is 0 Å². The van der Waals surface area contributed by atoms with Crippen LogP contribution in [0.4, 0.5) is 18.9 Å². The second-order valence-corrected chi connectivity index (χ2v) is 6.14. The number of halogens is 3. The van der Waals surface area contributed by atoms with Gasteiger partial charge in [-0.2, -0.15) is 0 Å². The molecule has 0 aliphatic rings. The molecule has 0 aromatic heterocycles. The topological polar surface area (TPSA) is 46.2 Å². The van der Waals surface area contributed by atoms with Gasteiger partial charge >= 0.3 is 0 Å². The van der Waals surface area contributed by atoms with E-state index in [-0.39, 0.29) is 23.7 Å². The van der Waals surface area contributed by atoms with Crippen LogP contribution in [-0.4, -0.2) is 26.5 Å². The minimum absolute atomic E-state index is 0.0121. The first-order chi connectivity index (χ1) is 8.35. The van der Waals surface area contributed by atoms with Crippen molar-refractivity contribution >= 4 is 15.5 Å². The van der Waals surface area contributed by atoms with Gasteiger partial charge < -0.3 is 5.32 Å². The highest BCUT2D eigenvalue weighted by Crippen LogP contribution is 2.17. The third-order valence-corrected chi connectivity index (χ3v) is 4.10. The molecule has 1 aromatic rings. The van der Waals surface area contributed by atoms with E-state index in [0.717, 1.165) is 12.1 Å². The van der Waals surface area contributed by atoms with Gasteiger partial charge in [-0.05, 0) is 6.42 Å². The molecule has 0 aliphatic carbocycles. The normalized spacial score (nSPS) is 11.6. The summed E-state index contributed by atoms with van der Waals surface area (Å²) in [5.41, 5.74) is 0.0121. The van der Waals surface area contributed by atoms with E-state index >= 15 is 0 Å². The van der Waals surface area contributed by atoms with Gasteiger partial charge in [0.1, 0.15) is 0 Å². The fraction of sp³-hybridized carbons (Fsp3) is 0.455. The molecule has 102 valence electrons. The predicted molar refractivity (Wildman–Crippen MR) is 63.8 cm³/mol. The Morgan fingerprint density at radius 3 is 2.17 bits per heavy atom. The molecule has 0 unspecified atom stereocenters. The zero-order valence-corrected chi connectivity index (χ0v) is 10.7. The Kier molecular flexibility index (Phi) is 5.01. The summed E-state index contributed by atoms with van der Waals surface area (Å²) in [6, 6.07) is 1.57.